The Labute approximate surface area is 165 Å². The smallest absolute Gasteiger partial charge is 0.0685 e. The minimum absolute atomic E-state index is 0.546. The molecule has 0 amide bonds. The van der Waals surface area contributed by atoms with E-state index in [0.717, 1.165) is 42.5 Å². The van der Waals surface area contributed by atoms with Gasteiger partial charge in [0, 0.05) is 16.5 Å². The Bertz CT molecular complexity index is 899. The molecule has 0 aliphatic rings. The fraction of sp³-hybridized carbons (Fsp3) is 0.364. The minimum atomic E-state index is 0.546. The van der Waals surface area contributed by atoms with Gasteiger partial charge in [-0.3, -0.25) is 0 Å². The summed E-state index contributed by atoms with van der Waals surface area (Å²) in [7, 11) is 0. The summed E-state index contributed by atoms with van der Waals surface area (Å²) in [5.74, 6) is 0.546. The molecule has 0 fully saturated rings. The van der Waals surface area contributed by atoms with E-state index in [1.807, 2.05) is 18.2 Å². The van der Waals surface area contributed by atoms with Gasteiger partial charge in [0.25, 0.3) is 0 Å². The third kappa shape index (κ3) is 3.78. The summed E-state index contributed by atoms with van der Waals surface area (Å²) in [6.45, 7) is 5.22. The summed E-state index contributed by atoms with van der Waals surface area (Å²) in [4.78, 5) is 3.59. The molecule has 0 aliphatic heterocycles. The van der Waals surface area contributed by atoms with Crippen LogP contribution in [0.25, 0.3) is 22.2 Å². The van der Waals surface area contributed by atoms with E-state index in [1.54, 1.807) is 0 Å². The second-order valence-electron chi connectivity index (χ2n) is 6.94. The number of unbranched alkanes of at least 4 members (excludes halogenated alkanes) is 1. The van der Waals surface area contributed by atoms with E-state index >= 15 is 0 Å². The summed E-state index contributed by atoms with van der Waals surface area (Å²) in [6.07, 6.45) is 4.17. The average molecular weight is 389 g/mol. The Kier molecular flexibility index (Phi) is 6.29. The Balaban J connectivity index is 2.17. The highest BCUT2D eigenvalue weighted by molar-refractivity contribution is 6.43. The molecule has 1 atom stereocenters. The highest BCUT2D eigenvalue weighted by Crippen LogP contribution is 2.39. The zero-order valence-electron chi connectivity index (χ0n) is 15.4. The molecule has 0 saturated carbocycles. The molecule has 3 N–H and O–H groups in total. The summed E-state index contributed by atoms with van der Waals surface area (Å²) in [5, 5.41) is 2.46. The first-order valence-corrected chi connectivity index (χ1v) is 10.1. The SMILES string of the molecule is CCC(C)c1ccc2[nH]c(-c3cccc(Cl)c3Cl)c(CCCCN)c2c1. The van der Waals surface area contributed by atoms with Gasteiger partial charge < -0.3 is 10.7 Å². The maximum Gasteiger partial charge on any atom is 0.0685 e. The van der Waals surface area contributed by atoms with Gasteiger partial charge in [-0.1, -0.05) is 55.2 Å². The van der Waals surface area contributed by atoms with Crippen LogP contribution in [0.1, 0.15) is 50.2 Å². The van der Waals surface area contributed by atoms with Crippen LogP contribution in [0.5, 0.6) is 0 Å². The van der Waals surface area contributed by atoms with Gasteiger partial charge in [-0.05, 0) is 67.5 Å². The van der Waals surface area contributed by atoms with Crippen molar-refractivity contribution in [3.8, 4) is 11.3 Å². The highest BCUT2D eigenvalue weighted by atomic mass is 35.5. The molecule has 0 bridgehead atoms. The van der Waals surface area contributed by atoms with Crippen LogP contribution in [0.4, 0.5) is 0 Å². The van der Waals surface area contributed by atoms with Crippen LogP contribution in [0.15, 0.2) is 36.4 Å². The van der Waals surface area contributed by atoms with Crippen LogP contribution < -0.4 is 5.73 Å². The number of nitrogens with one attached hydrogen (secondary N) is 1. The number of benzene rings is 2. The largest absolute Gasteiger partial charge is 0.354 e. The van der Waals surface area contributed by atoms with E-state index in [-0.39, 0.29) is 0 Å². The van der Waals surface area contributed by atoms with E-state index in [2.05, 4.69) is 37.0 Å². The lowest BCUT2D eigenvalue weighted by molar-refractivity contribution is 0.734. The Morgan fingerprint density at radius 1 is 1.12 bits per heavy atom. The number of aromatic amines is 1. The molecule has 1 aromatic heterocycles. The zero-order chi connectivity index (χ0) is 18.7. The van der Waals surface area contributed by atoms with Crippen LogP contribution in [-0.4, -0.2) is 11.5 Å². The molecule has 4 heteroatoms. The molecule has 2 nitrogen and oxygen atoms in total. The molecule has 0 aliphatic carbocycles. The lowest BCUT2D eigenvalue weighted by Crippen LogP contribution is -1.99. The Morgan fingerprint density at radius 3 is 2.65 bits per heavy atom. The molecular formula is C22H26Cl2N2. The van der Waals surface area contributed by atoms with E-state index < -0.39 is 0 Å². The fourth-order valence-corrected chi connectivity index (χ4v) is 3.84. The van der Waals surface area contributed by atoms with Crippen molar-refractivity contribution in [2.24, 2.45) is 5.73 Å². The quantitative estimate of drug-likeness (QED) is 0.422. The lowest BCUT2D eigenvalue weighted by Gasteiger charge is -2.10. The molecule has 3 rings (SSSR count). The first-order chi connectivity index (χ1) is 12.6. The zero-order valence-corrected chi connectivity index (χ0v) is 16.9. The number of H-pyrrole nitrogens is 1. The van der Waals surface area contributed by atoms with Gasteiger partial charge in [0.15, 0.2) is 0 Å². The van der Waals surface area contributed by atoms with Gasteiger partial charge in [0.05, 0.1) is 15.7 Å². The second-order valence-corrected chi connectivity index (χ2v) is 7.73. The molecule has 3 aromatic rings. The molecule has 0 spiro atoms. The third-order valence-corrected chi connectivity index (χ3v) is 6.03. The van der Waals surface area contributed by atoms with Crippen molar-refractivity contribution in [1.82, 2.24) is 4.98 Å². The summed E-state index contributed by atoms with van der Waals surface area (Å²) in [5.41, 5.74) is 11.6. The molecule has 0 radical (unpaired) electrons. The van der Waals surface area contributed by atoms with E-state index in [9.17, 15) is 0 Å². The monoisotopic (exact) mass is 388 g/mol. The van der Waals surface area contributed by atoms with E-state index in [1.165, 1.54) is 16.5 Å². The predicted molar refractivity (Wildman–Crippen MR) is 114 cm³/mol. The van der Waals surface area contributed by atoms with Crippen molar-refractivity contribution in [3.63, 3.8) is 0 Å². The summed E-state index contributed by atoms with van der Waals surface area (Å²) >= 11 is 12.8. The van der Waals surface area contributed by atoms with Crippen molar-refractivity contribution < 1.29 is 0 Å². The Hall–Kier alpha value is -1.48. The van der Waals surface area contributed by atoms with Gasteiger partial charge in [-0.15, -0.1) is 0 Å². The van der Waals surface area contributed by atoms with Crippen molar-refractivity contribution in [1.29, 1.82) is 0 Å². The predicted octanol–water partition coefficient (Wildman–Crippen LogP) is 6.94. The first-order valence-electron chi connectivity index (χ1n) is 9.35. The molecule has 26 heavy (non-hydrogen) atoms. The number of rotatable bonds is 7. The Morgan fingerprint density at radius 2 is 1.92 bits per heavy atom. The van der Waals surface area contributed by atoms with Gasteiger partial charge in [-0.25, -0.2) is 0 Å². The summed E-state index contributed by atoms with van der Waals surface area (Å²) in [6, 6.07) is 12.5. The number of aromatic nitrogens is 1. The maximum absolute atomic E-state index is 6.52. The topological polar surface area (TPSA) is 41.8 Å². The highest BCUT2D eigenvalue weighted by Gasteiger charge is 2.17. The molecular weight excluding hydrogens is 363 g/mol. The first kappa shape index (κ1) is 19.3. The van der Waals surface area contributed by atoms with Crippen LogP contribution in [-0.2, 0) is 6.42 Å². The molecule has 1 unspecified atom stereocenters. The van der Waals surface area contributed by atoms with Crippen molar-refractivity contribution >= 4 is 34.1 Å². The van der Waals surface area contributed by atoms with Crippen LogP contribution in [0, 0.1) is 0 Å². The second kappa shape index (κ2) is 8.47. The van der Waals surface area contributed by atoms with Gasteiger partial charge in [0.1, 0.15) is 0 Å². The van der Waals surface area contributed by atoms with Crippen LogP contribution in [0.2, 0.25) is 10.0 Å². The standard InChI is InChI=1S/C22H26Cl2N2/c1-3-14(2)15-10-11-20-18(13-15)16(7-4-5-12-25)22(26-20)17-8-6-9-19(23)21(17)24/h6,8-11,13-14,26H,3-5,7,12,25H2,1-2H3. The number of hydrogen-bond acceptors (Lipinski definition) is 1. The van der Waals surface area contributed by atoms with Crippen molar-refractivity contribution in [2.45, 2.75) is 45.4 Å². The molecule has 1 heterocycles. The normalized spacial score (nSPS) is 12.7. The van der Waals surface area contributed by atoms with Crippen molar-refractivity contribution in [2.75, 3.05) is 6.54 Å². The van der Waals surface area contributed by atoms with Crippen LogP contribution >= 0.6 is 23.2 Å². The van der Waals surface area contributed by atoms with Gasteiger partial charge >= 0.3 is 0 Å². The third-order valence-electron chi connectivity index (χ3n) is 5.21. The average Bonchev–Trinajstić information content (AvgIpc) is 3.01. The minimum Gasteiger partial charge on any atom is -0.354 e. The number of halogens is 2. The number of fused-ring (bicyclic) bond motifs is 1. The van der Waals surface area contributed by atoms with Crippen molar-refractivity contribution in [3.05, 3.63) is 57.6 Å². The molecule has 2 aromatic carbocycles. The van der Waals surface area contributed by atoms with Gasteiger partial charge in [0.2, 0.25) is 0 Å². The summed E-state index contributed by atoms with van der Waals surface area (Å²) < 4.78 is 0. The lowest BCUT2D eigenvalue weighted by atomic mass is 9.94. The van der Waals surface area contributed by atoms with Gasteiger partial charge in [-0.2, -0.15) is 0 Å². The van der Waals surface area contributed by atoms with E-state index in [0.29, 0.717) is 22.5 Å². The van der Waals surface area contributed by atoms with E-state index in [4.69, 9.17) is 28.9 Å². The number of nitrogens with two attached hydrogens (primary N) is 1. The molecule has 0 saturated heterocycles. The molecule has 138 valence electrons. The maximum atomic E-state index is 6.52. The van der Waals surface area contributed by atoms with Crippen LogP contribution in [0.3, 0.4) is 0 Å². The fourth-order valence-electron chi connectivity index (χ4n) is 3.44. The number of aryl methyl sites for hydroxylation is 1. The number of hydrogen-bond donors (Lipinski definition) is 2.